The van der Waals surface area contributed by atoms with E-state index in [9.17, 15) is 9.18 Å². The minimum Gasteiger partial charge on any atom is -0.328 e. The Labute approximate surface area is 114 Å². The maximum absolute atomic E-state index is 12.7. The fraction of sp³-hybridized carbons (Fsp3) is 0.333. The van der Waals surface area contributed by atoms with Crippen LogP contribution in [0, 0.1) is 5.82 Å². The lowest BCUT2D eigenvalue weighted by atomic mass is 10.1. The topological polar surface area (TPSA) is 84.7 Å². The van der Waals surface area contributed by atoms with Crippen molar-refractivity contribution in [3.8, 4) is 0 Å². The number of nitrogens with zero attached hydrogens (tertiary/aromatic N) is 4. The van der Waals surface area contributed by atoms with Crippen LogP contribution in [0.5, 0.6) is 0 Å². The van der Waals surface area contributed by atoms with Crippen LogP contribution in [-0.2, 0) is 6.54 Å². The monoisotopic (exact) mass is 276 g/mol. The minimum atomic E-state index is -0.448. The quantitative estimate of drug-likeness (QED) is 0.869. The van der Waals surface area contributed by atoms with Crippen molar-refractivity contribution >= 4 is 11.8 Å². The molecule has 8 heteroatoms. The fourth-order valence-corrected chi connectivity index (χ4v) is 2.19. The molecule has 0 spiro atoms. The van der Waals surface area contributed by atoms with E-state index in [0.717, 1.165) is 31.4 Å². The van der Waals surface area contributed by atoms with E-state index in [1.54, 1.807) is 4.68 Å². The van der Waals surface area contributed by atoms with Gasteiger partial charge in [0.05, 0.1) is 12.2 Å². The van der Waals surface area contributed by atoms with E-state index in [1.807, 2.05) is 0 Å². The summed E-state index contributed by atoms with van der Waals surface area (Å²) in [4.78, 5) is 19.8. The summed E-state index contributed by atoms with van der Waals surface area (Å²) >= 11 is 0. The highest BCUT2D eigenvalue weighted by Gasteiger charge is 2.23. The van der Waals surface area contributed by atoms with Gasteiger partial charge in [-0.2, -0.15) is 5.10 Å². The smallest absolute Gasteiger partial charge is 0.320 e. The lowest BCUT2D eigenvalue weighted by Gasteiger charge is -2.23. The molecule has 1 aliphatic heterocycles. The van der Waals surface area contributed by atoms with Crippen LogP contribution in [0.25, 0.3) is 0 Å². The second kappa shape index (κ2) is 5.24. The molecule has 20 heavy (non-hydrogen) atoms. The minimum absolute atomic E-state index is 0.174. The lowest BCUT2D eigenvalue weighted by molar-refractivity contribution is 0.244. The third kappa shape index (κ3) is 2.58. The molecule has 2 aromatic rings. The average Bonchev–Trinajstić information content (AvgIpc) is 2.91. The van der Waals surface area contributed by atoms with Crippen LogP contribution in [0.1, 0.15) is 24.7 Å². The number of carbonyl (C=O) groups is 1. The summed E-state index contributed by atoms with van der Waals surface area (Å²) in [5.74, 6) is 0.594. The van der Waals surface area contributed by atoms with Crippen molar-refractivity contribution in [2.24, 2.45) is 0 Å². The van der Waals surface area contributed by atoms with Crippen LogP contribution in [0.15, 0.2) is 24.7 Å². The maximum atomic E-state index is 12.7. The number of urea groups is 1. The van der Waals surface area contributed by atoms with E-state index < -0.39 is 11.8 Å². The summed E-state index contributed by atoms with van der Waals surface area (Å²) in [7, 11) is 0. The zero-order valence-electron chi connectivity index (χ0n) is 10.6. The average molecular weight is 276 g/mol. The van der Waals surface area contributed by atoms with Crippen LogP contribution in [-0.4, -0.2) is 25.8 Å². The molecule has 0 aromatic carbocycles. The molecule has 0 saturated heterocycles. The van der Waals surface area contributed by atoms with Crippen molar-refractivity contribution in [1.29, 1.82) is 0 Å². The molecule has 0 aliphatic carbocycles. The van der Waals surface area contributed by atoms with Crippen molar-refractivity contribution in [3.05, 3.63) is 36.3 Å². The van der Waals surface area contributed by atoms with Gasteiger partial charge in [-0.15, -0.1) is 0 Å². The molecule has 7 nitrogen and oxygen atoms in total. The lowest BCUT2D eigenvalue weighted by Crippen LogP contribution is -2.36. The van der Waals surface area contributed by atoms with Gasteiger partial charge in [-0.3, -0.25) is 5.32 Å². The first-order valence-electron chi connectivity index (χ1n) is 6.29. The number of hydrogen-bond donors (Lipinski definition) is 2. The molecular formula is C12H13FN6O. The van der Waals surface area contributed by atoms with Gasteiger partial charge in [0.2, 0.25) is 0 Å². The summed E-state index contributed by atoms with van der Waals surface area (Å²) in [5.41, 5.74) is 0. The highest BCUT2D eigenvalue weighted by Crippen LogP contribution is 2.21. The molecule has 0 radical (unpaired) electrons. The van der Waals surface area contributed by atoms with Crippen LogP contribution in [0.2, 0.25) is 0 Å². The number of amides is 2. The molecule has 3 rings (SSSR count). The second-order valence-electron chi connectivity index (χ2n) is 4.50. The number of pyridine rings is 1. The van der Waals surface area contributed by atoms with Crippen molar-refractivity contribution in [3.63, 3.8) is 0 Å². The predicted molar refractivity (Wildman–Crippen MR) is 68.3 cm³/mol. The molecule has 1 aliphatic rings. The van der Waals surface area contributed by atoms with Gasteiger partial charge < -0.3 is 5.32 Å². The van der Waals surface area contributed by atoms with Gasteiger partial charge in [0.1, 0.15) is 23.8 Å². The first-order valence-corrected chi connectivity index (χ1v) is 6.29. The summed E-state index contributed by atoms with van der Waals surface area (Å²) in [6, 6.07) is 2.07. The molecule has 2 amide bonds. The molecular weight excluding hydrogens is 263 g/mol. The van der Waals surface area contributed by atoms with Crippen LogP contribution in [0.3, 0.4) is 0 Å². The van der Waals surface area contributed by atoms with Gasteiger partial charge in [0.25, 0.3) is 0 Å². The predicted octanol–water partition coefficient (Wildman–Crippen LogP) is 1.47. The summed E-state index contributed by atoms with van der Waals surface area (Å²) in [6.07, 6.45) is 4.26. The molecule has 2 N–H and O–H groups in total. The van der Waals surface area contributed by atoms with Crippen LogP contribution < -0.4 is 10.6 Å². The van der Waals surface area contributed by atoms with Crippen molar-refractivity contribution < 1.29 is 9.18 Å². The number of nitrogens with one attached hydrogen (secondary N) is 2. The first-order chi connectivity index (χ1) is 9.72. The molecule has 3 heterocycles. The number of anilines is 1. The molecule has 0 saturated carbocycles. The molecule has 2 aromatic heterocycles. The summed E-state index contributed by atoms with van der Waals surface area (Å²) < 4.78 is 14.5. The standard InChI is InChI=1S/C12H13FN6O/c13-8-3-4-10(14-6-8)18-12(20)17-9-2-1-5-19-11(9)15-7-16-19/h3-4,6-7,9H,1-2,5H2,(H2,14,17,18,20)/t9-/m1/s1. The van der Waals surface area contributed by atoms with Gasteiger partial charge in [0.15, 0.2) is 0 Å². The first kappa shape index (κ1) is 12.5. The van der Waals surface area contributed by atoms with Gasteiger partial charge in [-0.1, -0.05) is 0 Å². The second-order valence-corrected chi connectivity index (χ2v) is 4.50. The highest BCUT2D eigenvalue weighted by molar-refractivity contribution is 5.88. The number of halogens is 1. The number of hydrogen-bond acceptors (Lipinski definition) is 4. The number of aryl methyl sites for hydroxylation is 1. The van der Waals surface area contributed by atoms with E-state index in [-0.39, 0.29) is 6.04 Å². The molecule has 0 unspecified atom stereocenters. The highest BCUT2D eigenvalue weighted by atomic mass is 19.1. The van der Waals surface area contributed by atoms with Crippen molar-refractivity contribution in [1.82, 2.24) is 25.1 Å². The van der Waals surface area contributed by atoms with Crippen LogP contribution >= 0.6 is 0 Å². The maximum Gasteiger partial charge on any atom is 0.320 e. The van der Waals surface area contributed by atoms with E-state index in [0.29, 0.717) is 5.82 Å². The van der Waals surface area contributed by atoms with E-state index >= 15 is 0 Å². The Bertz CT molecular complexity index is 611. The van der Waals surface area contributed by atoms with E-state index in [1.165, 1.54) is 18.5 Å². The molecule has 0 bridgehead atoms. The zero-order valence-corrected chi connectivity index (χ0v) is 10.6. The largest absolute Gasteiger partial charge is 0.328 e. The van der Waals surface area contributed by atoms with Crippen molar-refractivity contribution in [2.45, 2.75) is 25.4 Å². The molecule has 0 fully saturated rings. The van der Waals surface area contributed by atoms with E-state index in [4.69, 9.17) is 0 Å². The number of rotatable bonds is 2. The van der Waals surface area contributed by atoms with Crippen molar-refractivity contribution in [2.75, 3.05) is 5.32 Å². The van der Waals surface area contributed by atoms with Gasteiger partial charge >= 0.3 is 6.03 Å². The Morgan fingerprint density at radius 1 is 1.40 bits per heavy atom. The number of fused-ring (bicyclic) bond motifs is 1. The Hall–Kier alpha value is -2.51. The Kier molecular flexibility index (Phi) is 3.28. The fourth-order valence-electron chi connectivity index (χ4n) is 2.19. The Morgan fingerprint density at radius 3 is 3.10 bits per heavy atom. The summed E-state index contributed by atoms with van der Waals surface area (Å²) in [5, 5.41) is 9.46. The Morgan fingerprint density at radius 2 is 2.30 bits per heavy atom. The van der Waals surface area contributed by atoms with Gasteiger partial charge in [-0.05, 0) is 25.0 Å². The SMILES string of the molecule is O=C(Nc1ccc(F)cn1)N[C@@H]1CCCn2ncnc21. The number of aromatic nitrogens is 4. The van der Waals surface area contributed by atoms with E-state index in [2.05, 4.69) is 25.7 Å². The zero-order chi connectivity index (χ0) is 13.9. The molecule has 104 valence electrons. The molecule has 1 atom stereocenters. The third-order valence-corrected chi connectivity index (χ3v) is 3.09. The third-order valence-electron chi connectivity index (χ3n) is 3.09. The van der Waals surface area contributed by atoms with Gasteiger partial charge in [0, 0.05) is 6.54 Å². The summed E-state index contributed by atoms with van der Waals surface area (Å²) in [6.45, 7) is 0.814. The normalized spacial score (nSPS) is 17.4. The van der Waals surface area contributed by atoms with Crippen LogP contribution in [0.4, 0.5) is 15.0 Å². The van der Waals surface area contributed by atoms with Gasteiger partial charge in [-0.25, -0.2) is 23.8 Å². The number of carbonyl (C=O) groups excluding carboxylic acids is 1. The Balaban J connectivity index is 1.64.